The average Bonchev–Trinajstić information content (AvgIpc) is 2.68. The molecule has 0 radical (unpaired) electrons. The van der Waals surface area contributed by atoms with Gasteiger partial charge in [0, 0.05) is 18.8 Å². The number of urea groups is 1. The molecule has 6 nitrogen and oxygen atoms in total. The largest absolute Gasteiger partial charge is 0.372 e. The van der Waals surface area contributed by atoms with E-state index in [0.717, 1.165) is 29.2 Å². The first kappa shape index (κ1) is 19.4. The number of nitrogens with one attached hydrogen (secondary N) is 1. The lowest BCUT2D eigenvalue weighted by Crippen LogP contribution is -2.54. The molecule has 0 aliphatic carbocycles. The maximum absolute atomic E-state index is 12.9. The van der Waals surface area contributed by atoms with Crippen LogP contribution in [0, 0.1) is 6.92 Å². The molecule has 4 amide bonds. The minimum absolute atomic E-state index is 0.0709. The number of imide groups is 2. The van der Waals surface area contributed by atoms with Crippen molar-refractivity contribution in [2.24, 2.45) is 0 Å². The molecule has 0 saturated carbocycles. The molecule has 1 fully saturated rings. The summed E-state index contributed by atoms with van der Waals surface area (Å²) >= 11 is 0. The summed E-state index contributed by atoms with van der Waals surface area (Å²) in [7, 11) is 0. The topological polar surface area (TPSA) is 69.7 Å². The lowest BCUT2D eigenvalue weighted by Gasteiger charge is -2.27. The van der Waals surface area contributed by atoms with Crippen molar-refractivity contribution in [2.45, 2.75) is 20.8 Å². The van der Waals surface area contributed by atoms with E-state index in [9.17, 15) is 14.4 Å². The summed E-state index contributed by atoms with van der Waals surface area (Å²) in [5.41, 5.74) is 2.94. The van der Waals surface area contributed by atoms with Crippen LogP contribution >= 0.6 is 0 Å². The highest BCUT2D eigenvalue weighted by atomic mass is 16.2. The van der Waals surface area contributed by atoms with E-state index in [0.29, 0.717) is 11.3 Å². The van der Waals surface area contributed by atoms with E-state index in [-0.39, 0.29) is 5.57 Å². The van der Waals surface area contributed by atoms with E-state index in [1.807, 2.05) is 43.3 Å². The third kappa shape index (κ3) is 3.67. The number of rotatable bonds is 5. The van der Waals surface area contributed by atoms with Gasteiger partial charge in [-0.15, -0.1) is 0 Å². The van der Waals surface area contributed by atoms with Gasteiger partial charge in [0.25, 0.3) is 11.8 Å². The van der Waals surface area contributed by atoms with Gasteiger partial charge in [0.05, 0.1) is 5.69 Å². The first-order valence-corrected chi connectivity index (χ1v) is 9.28. The number of benzene rings is 2. The molecule has 1 N–H and O–H groups in total. The number of anilines is 2. The molecule has 0 unspecified atom stereocenters. The van der Waals surface area contributed by atoms with Crippen LogP contribution in [0.25, 0.3) is 6.08 Å². The molecule has 0 bridgehead atoms. The molecule has 1 aliphatic rings. The van der Waals surface area contributed by atoms with Crippen LogP contribution in [-0.2, 0) is 9.59 Å². The van der Waals surface area contributed by atoms with Crippen molar-refractivity contribution in [1.82, 2.24) is 5.32 Å². The van der Waals surface area contributed by atoms with Crippen LogP contribution in [0.2, 0.25) is 0 Å². The van der Waals surface area contributed by atoms with Crippen molar-refractivity contribution in [1.29, 1.82) is 0 Å². The van der Waals surface area contributed by atoms with E-state index in [1.54, 1.807) is 12.1 Å². The molecule has 28 heavy (non-hydrogen) atoms. The van der Waals surface area contributed by atoms with Crippen LogP contribution < -0.4 is 15.1 Å². The molecule has 0 aromatic heterocycles. The van der Waals surface area contributed by atoms with E-state index >= 15 is 0 Å². The first-order valence-electron chi connectivity index (χ1n) is 9.28. The zero-order chi connectivity index (χ0) is 20.3. The highest BCUT2D eigenvalue weighted by Gasteiger charge is 2.37. The summed E-state index contributed by atoms with van der Waals surface area (Å²) in [6.07, 6.45) is 1.52. The lowest BCUT2D eigenvalue weighted by atomic mass is 10.1. The predicted octanol–water partition coefficient (Wildman–Crippen LogP) is 3.51. The second-order valence-corrected chi connectivity index (χ2v) is 6.51. The Morgan fingerprint density at radius 3 is 2.21 bits per heavy atom. The SMILES string of the molecule is CCN(CC)c1ccc(C=C2C(=O)NC(=O)N(c3ccccc3C)C2=O)cc1. The summed E-state index contributed by atoms with van der Waals surface area (Å²) in [4.78, 5) is 40.7. The van der Waals surface area contributed by atoms with Crippen LogP contribution in [0.4, 0.5) is 16.2 Å². The van der Waals surface area contributed by atoms with Crippen LogP contribution in [0.1, 0.15) is 25.0 Å². The average molecular weight is 377 g/mol. The van der Waals surface area contributed by atoms with E-state index in [4.69, 9.17) is 0 Å². The van der Waals surface area contributed by atoms with Crippen molar-refractivity contribution in [2.75, 3.05) is 22.9 Å². The molecule has 0 spiro atoms. The van der Waals surface area contributed by atoms with Crippen molar-refractivity contribution in [3.8, 4) is 0 Å². The minimum atomic E-state index is -0.738. The third-order valence-electron chi connectivity index (χ3n) is 4.79. The maximum Gasteiger partial charge on any atom is 0.335 e. The first-order chi connectivity index (χ1) is 13.5. The number of carbonyl (C=O) groups is 3. The lowest BCUT2D eigenvalue weighted by molar-refractivity contribution is -0.122. The number of para-hydroxylation sites is 1. The van der Waals surface area contributed by atoms with Gasteiger partial charge < -0.3 is 4.90 Å². The smallest absolute Gasteiger partial charge is 0.335 e. The normalized spacial score (nSPS) is 15.8. The Balaban J connectivity index is 1.94. The van der Waals surface area contributed by atoms with Crippen molar-refractivity contribution in [3.05, 3.63) is 65.2 Å². The van der Waals surface area contributed by atoms with Crippen LogP contribution in [0.15, 0.2) is 54.1 Å². The maximum atomic E-state index is 12.9. The van der Waals surface area contributed by atoms with Gasteiger partial charge in [0.15, 0.2) is 0 Å². The monoisotopic (exact) mass is 377 g/mol. The van der Waals surface area contributed by atoms with Gasteiger partial charge in [0.1, 0.15) is 5.57 Å². The van der Waals surface area contributed by atoms with Crippen molar-refractivity contribution < 1.29 is 14.4 Å². The quantitative estimate of drug-likeness (QED) is 0.639. The van der Waals surface area contributed by atoms with Crippen LogP contribution in [0.3, 0.4) is 0 Å². The zero-order valence-electron chi connectivity index (χ0n) is 16.2. The molecular formula is C22H23N3O3. The second kappa shape index (κ2) is 8.08. The number of aryl methyl sites for hydroxylation is 1. The van der Waals surface area contributed by atoms with Gasteiger partial charge in [-0.2, -0.15) is 0 Å². The molecule has 1 saturated heterocycles. The van der Waals surface area contributed by atoms with E-state index in [1.165, 1.54) is 6.08 Å². The Morgan fingerprint density at radius 1 is 0.964 bits per heavy atom. The molecule has 1 aliphatic heterocycles. The Hall–Kier alpha value is -3.41. The fourth-order valence-corrected chi connectivity index (χ4v) is 3.23. The summed E-state index contributed by atoms with van der Waals surface area (Å²) in [5.74, 6) is -1.32. The molecule has 1 heterocycles. The Bertz CT molecular complexity index is 944. The van der Waals surface area contributed by atoms with Gasteiger partial charge in [0.2, 0.25) is 0 Å². The molecule has 2 aromatic carbocycles. The number of hydrogen-bond donors (Lipinski definition) is 1. The predicted molar refractivity (Wildman–Crippen MR) is 110 cm³/mol. The number of barbiturate groups is 1. The van der Waals surface area contributed by atoms with Crippen molar-refractivity contribution >= 4 is 35.3 Å². The highest BCUT2D eigenvalue weighted by Crippen LogP contribution is 2.25. The second-order valence-electron chi connectivity index (χ2n) is 6.51. The molecule has 3 rings (SSSR count). The van der Waals surface area contributed by atoms with Crippen LogP contribution in [0.5, 0.6) is 0 Å². The Labute approximate surface area is 164 Å². The summed E-state index contributed by atoms with van der Waals surface area (Å²) < 4.78 is 0. The summed E-state index contributed by atoms with van der Waals surface area (Å²) in [6, 6.07) is 13.9. The van der Waals surface area contributed by atoms with E-state index in [2.05, 4.69) is 24.1 Å². The van der Waals surface area contributed by atoms with Gasteiger partial charge in [-0.3, -0.25) is 14.9 Å². The van der Waals surface area contributed by atoms with Gasteiger partial charge in [-0.05, 0) is 56.2 Å². The highest BCUT2D eigenvalue weighted by molar-refractivity contribution is 6.39. The molecule has 0 atom stereocenters. The van der Waals surface area contributed by atoms with Crippen molar-refractivity contribution in [3.63, 3.8) is 0 Å². The standard InChI is InChI=1S/C22H23N3O3/c1-4-24(5-2)17-12-10-16(11-13-17)14-18-20(26)23-22(28)25(21(18)27)19-9-7-6-8-15(19)3/h6-14H,4-5H2,1-3H3,(H,23,26,28). The number of nitrogens with zero attached hydrogens (tertiary/aromatic N) is 2. The summed E-state index contributed by atoms with van der Waals surface area (Å²) in [6.45, 7) is 7.77. The molecular weight excluding hydrogens is 354 g/mol. The molecule has 2 aromatic rings. The third-order valence-corrected chi connectivity index (χ3v) is 4.79. The summed E-state index contributed by atoms with van der Waals surface area (Å²) in [5, 5.41) is 2.25. The zero-order valence-corrected chi connectivity index (χ0v) is 16.2. The minimum Gasteiger partial charge on any atom is -0.372 e. The fraction of sp³-hybridized carbons (Fsp3) is 0.227. The molecule has 6 heteroatoms. The van der Waals surface area contributed by atoms with Gasteiger partial charge in [-0.1, -0.05) is 30.3 Å². The fourth-order valence-electron chi connectivity index (χ4n) is 3.23. The Kier molecular flexibility index (Phi) is 5.59. The Morgan fingerprint density at radius 2 is 1.61 bits per heavy atom. The number of hydrogen-bond acceptors (Lipinski definition) is 4. The number of carbonyl (C=O) groups excluding carboxylic acids is 3. The number of amides is 4. The van der Waals surface area contributed by atoms with Gasteiger partial charge in [-0.25, -0.2) is 9.69 Å². The van der Waals surface area contributed by atoms with Gasteiger partial charge >= 0.3 is 6.03 Å². The van der Waals surface area contributed by atoms with E-state index < -0.39 is 17.8 Å². The molecule has 144 valence electrons. The van der Waals surface area contributed by atoms with Crippen LogP contribution in [-0.4, -0.2) is 30.9 Å².